The van der Waals surface area contributed by atoms with E-state index < -0.39 is 0 Å². The van der Waals surface area contributed by atoms with Crippen molar-refractivity contribution >= 4 is 21.6 Å². The highest BCUT2D eigenvalue weighted by molar-refractivity contribution is 9.08. The molecule has 0 aromatic heterocycles. The van der Waals surface area contributed by atoms with Gasteiger partial charge in [-0.15, -0.1) is 4.91 Å². The summed E-state index contributed by atoms with van der Waals surface area (Å²) in [6, 6.07) is 6.88. The minimum absolute atomic E-state index is 0.325. The van der Waals surface area contributed by atoms with Crippen LogP contribution < -0.4 is 0 Å². The van der Waals surface area contributed by atoms with Gasteiger partial charge in [0.15, 0.2) is 0 Å². The first-order chi connectivity index (χ1) is 5.83. The Balaban J connectivity index is 3.34. The van der Waals surface area contributed by atoms with Crippen LogP contribution in [0.3, 0.4) is 0 Å². The Bertz CT molecular complexity index is 343. The summed E-state index contributed by atoms with van der Waals surface area (Å²) in [4.78, 5) is 10.3. The van der Waals surface area contributed by atoms with Crippen LogP contribution in [0.5, 0.6) is 0 Å². The molecule has 0 spiro atoms. The molecule has 1 aromatic rings. The van der Waals surface area contributed by atoms with Crippen molar-refractivity contribution in [3.8, 4) is 6.07 Å². The monoisotopic (exact) mass is 224 g/mol. The third-order valence-corrected chi connectivity index (χ3v) is 2.06. The van der Waals surface area contributed by atoms with Crippen LogP contribution in [-0.2, 0) is 5.33 Å². The Kier molecular flexibility index (Phi) is 2.94. The van der Waals surface area contributed by atoms with Gasteiger partial charge in [-0.3, -0.25) is 0 Å². The lowest BCUT2D eigenvalue weighted by Crippen LogP contribution is -1.85. The second-order valence-corrected chi connectivity index (χ2v) is 2.70. The van der Waals surface area contributed by atoms with Gasteiger partial charge in [0.1, 0.15) is 5.69 Å². The van der Waals surface area contributed by atoms with Crippen LogP contribution in [0, 0.1) is 16.2 Å². The van der Waals surface area contributed by atoms with E-state index in [4.69, 9.17) is 5.26 Å². The lowest BCUT2D eigenvalue weighted by atomic mass is 10.1. The zero-order valence-electron chi connectivity index (χ0n) is 6.12. The summed E-state index contributed by atoms with van der Waals surface area (Å²) in [5, 5.41) is 11.9. The van der Waals surface area contributed by atoms with Crippen molar-refractivity contribution in [1.82, 2.24) is 0 Å². The van der Waals surface area contributed by atoms with Crippen molar-refractivity contribution in [2.75, 3.05) is 0 Å². The average molecular weight is 225 g/mol. The van der Waals surface area contributed by atoms with Gasteiger partial charge in [0.25, 0.3) is 0 Å². The average Bonchev–Trinajstić information content (AvgIpc) is 2.16. The van der Waals surface area contributed by atoms with Gasteiger partial charge in [0.05, 0.1) is 11.6 Å². The van der Waals surface area contributed by atoms with Gasteiger partial charge in [0.2, 0.25) is 0 Å². The minimum atomic E-state index is 0.325. The largest absolute Gasteiger partial charge is 0.192 e. The molecule has 12 heavy (non-hydrogen) atoms. The summed E-state index contributed by atoms with van der Waals surface area (Å²) in [5.41, 5.74) is 1.46. The fourth-order valence-corrected chi connectivity index (χ4v) is 1.49. The summed E-state index contributed by atoms with van der Waals surface area (Å²) in [6.45, 7) is 0. The lowest BCUT2D eigenvalue weighted by Gasteiger charge is -1.99. The Morgan fingerprint density at radius 2 is 2.33 bits per heavy atom. The summed E-state index contributed by atoms with van der Waals surface area (Å²) in [5.74, 6) is 0. The van der Waals surface area contributed by atoms with Gasteiger partial charge in [-0.2, -0.15) is 5.26 Å². The number of benzene rings is 1. The zero-order valence-corrected chi connectivity index (χ0v) is 7.71. The molecule has 0 heterocycles. The maximum atomic E-state index is 10.3. The normalized spacial score (nSPS) is 9.00. The molecule has 0 N–H and O–H groups in total. The van der Waals surface area contributed by atoms with E-state index in [2.05, 4.69) is 21.1 Å². The Morgan fingerprint density at radius 3 is 2.83 bits per heavy atom. The Labute approximate surface area is 78.1 Å². The number of nitriles is 1. The van der Waals surface area contributed by atoms with Gasteiger partial charge in [-0.1, -0.05) is 22.0 Å². The molecule has 0 saturated carbocycles. The molecule has 0 saturated heterocycles. The highest BCUT2D eigenvalue weighted by Gasteiger charge is 2.06. The van der Waals surface area contributed by atoms with Crippen LogP contribution >= 0.6 is 15.9 Å². The third kappa shape index (κ3) is 1.51. The predicted molar refractivity (Wildman–Crippen MR) is 49.2 cm³/mol. The van der Waals surface area contributed by atoms with Gasteiger partial charge in [-0.25, -0.2) is 0 Å². The van der Waals surface area contributed by atoms with Crippen LogP contribution in [0.1, 0.15) is 11.1 Å². The number of hydrogen-bond donors (Lipinski definition) is 0. The van der Waals surface area contributed by atoms with Crippen LogP contribution in [0.15, 0.2) is 23.4 Å². The summed E-state index contributed by atoms with van der Waals surface area (Å²) < 4.78 is 0. The maximum Gasteiger partial charge on any atom is 0.113 e. The summed E-state index contributed by atoms with van der Waals surface area (Å²) >= 11 is 3.19. The van der Waals surface area contributed by atoms with Crippen molar-refractivity contribution in [1.29, 1.82) is 5.26 Å². The molecule has 0 bridgehead atoms. The molecular weight excluding hydrogens is 220 g/mol. The quantitative estimate of drug-likeness (QED) is 0.573. The predicted octanol–water partition coefficient (Wildman–Crippen LogP) is 2.85. The summed E-state index contributed by atoms with van der Waals surface area (Å²) in [7, 11) is 0. The Hall–Kier alpha value is -1.21. The lowest BCUT2D eigenvalue weighted by molar-refractivity contribution is 1.33. The van der Waals surface area contributed by atoms with Crippen molar-refractivity contribution in [2.24, 2.45) is 5.18 Å². The Morgan fingerprint density at radius 1 is 1.58 bits per heavy atom. The molecular formula is C8H5BrN2O. The molecule has 0 unspecified atom stereocenters. The van der Waals surface area contributed by atoms with E-state index in [9.17, 15) is 4.91 Å². The van der Waals surface area contributed by atoms with Gasteiger partial charge in [0, 0.05) is 10.9 Å². The van der Waals surface area contributed by atoms with Crippen LogP contribution in [-0.4, -0.2) is 0 Å². The van der Waals surface area contributed by atoms with E-state index in [0.717, 1.165) is 0 Å². The van der Waals surface area contributed by atoms with E-state index in [1.54, 1.807) is 18.2 Å². The van der Waals surface area contributed by atoms with Crippen molar-refractivity contribution in [3.63, 3.8) is 0 Å². The molecule has 0 fully saturated rings. The highest BCUT2D eigenvalue weighted by atomic mass is 79.9. The number of hydrogen-bond acceptors (Lipinski definition) is 3. The highest BCUT2D eigenvalue weighted by Crippen LogP contribution is 2.24. The van der Waals surface area contributed by atoms with E-state index in [-0.39, 0.29) is 0 Å². The molecule has 1 rings (SSSR count). The van der Waals surface area contributed by atoms with Crippen molar-refractivity contribution in [2.45, 2.75) is 5.33 Å². The topological polar surface area (TPSA) is 53.2 Å². The van der Waals surface area contributed by atoms with E-state index in [1.807, 2.05) is 6.07 Å². The number of nitrogens with zero attached hydrogens (tertiary/aromatic N) is 2. The van der Waals surface area contributed by atoms with Gasteiger partial charge in [-0.05, 0) is 17.3 Å². The van der Waals surface area contributed by atoms with Gasteiger partial charge >= 0.3 is 0 Å². The number of alkyl halides is 1. The molecule has 0 aliphatic carbocycles. The van der Waals surface area contributed by atoms with Gasteiger partial charge < -0.3 is 0 Å². The first-order valence-corrected chi connectivity index (χ1v) is 4.37. The molecule has 3 nitrogen and oxygen atoms in total. The molecule has 0 atom stereocenters. The SMILES string of the molecule is N#Cc1cccc(N=O)c1CBr. The second kappa shape index (κ2) is 3.98. The van der Waals surface area contributed by atoms with Crippen LogP contribution in [0.4, 0.5) is 5.69 Å². The van der Waals surface area contributed by atoms with Crippen molar-refractivity contribution in [3.05, 3.63) is 34.2 Å². The molecule has 0 radical (unpaired) electrons. The molecule has 0 aliphatic rings. The molecule has 1 aromatic carbocycles. The number of halogens is 1. The fraction of sp³-hybridized carbons (Fsp3) is 0.125. The summed E-state index contributed by atoms with van der Waals surface area (Å²) in [6.07, 6.45) is 0. The first-order valence-electron chi connectivity index (χ1n) is 3.24. The fourth-order valence-electron chi connectivity index (χ4n) is 0.905. The third-order valence-electron chi connectivity index (χ3n) is 1.50. The van der Waals surface area contributed by atoms with E-state index in [0.29, 0.717) is 22.1 Å². The number of rotatable bonds is 2. The standard InChI is InChI=1S/C8H5BrN2O/c9-4-7-6(5-10)2-1-3-8(7)11-12/h1-3H,4H2. The molecule has 4 heteroatoms. The van der Waals surface area contributed by atoms with Crippen LogP contribution in [0.25, 0.3) is 0 Å². The molecule has 60 valence electrons. The number of nitroso groups, excluding NO2 is 1. The first kappa shape index (κ1) is 8.88. The molecule has 0 aliphatic heterocycles. The van der Waals surface area contributed by atoms with Crippen molar-refractivity contribution < 1.29 is 0 Å². The van der Waals surface area contributed by atoms with E-state index >= 15 is 0 Å². The molecule has 0 amide bonds. The zero-order chi connectivity index (χ0) is 8.97. The minimum Gasteiger partial charge on any atom is -0.192 e. The smallest absolute Gasteiger partial charge is 0.113 e. The second-order valence-electron chi connectivity index (χ2n) is 2.14. The van der Waals surface area contributed by atoms with Crippen LogP contribution in [0.2, 0.25) is 0 Å². The van der Waals surface area contributed by atoms with E-state index in [1.165, 1.54) is 0 Å². The maximum absolute atomic E-state index is 10.3.